The highest BCUT2D eigenvalue weighted by Crippen LogP contribution is 2.28. The Bertz CT molecular complexity index is 519. The average molecular weight is 363 g/mol. The first-order chi connectivity index (χ1) is 7.65. The number of hydrogen-bond acceptors (Lipinski definition) is 3. The molecule has 0 amide bonds. The molecule has 82 valence electrons. The smallest absolute Gasteiger partial charge is 0.134 e. The standard InChI is InChI=1S/C10H6Br2ClN3/c11-6-1-2-8(7(13)3-6)16-10-4-9(12)14-5-15-10/h1-5H,(H,14,15,16). The van der Waals surface area contributed by atoms with Crippen LogP contribution in [0.5, 0.6) is 0 Å². The van der Waals surface area contributed by atoms with Crippen molar-refractivity contribution >= 4 is 55.0 Å². The summed E-state index contributed by atoms with van der Waals surface area (Å²) < 4.78 is 1.66. The predicted octanol–water partition coefficient (Wildman–Crippen LogP) is 4.40. The highest BCUT2D eigenvalue weighted by Gasteiger charge is 2.02. The minimum atomic E-state index is 0.629. The van der Waals surface area contributed by atoms with Gasteiger partial charge in [0, 0.05) is 10.5 Å². The zero-order chi connectivity index (χ0) is 11.5. The Labute approximate surface area is 115 Å². The van der Waals surface area contributed by atoms with E-state index in [0.29, 0.717) is 10.8 Å². The maximum absolute atomic E-state index is 6.07. The van der Waals surface area contributed by atoms with Gasteiger partial charge < -0.3 is 5.32 Å². The van der Waals surface area contributed by atoms with Gasteiger partial charge in [-0.2, -0.15) is 0 Å². The lowest BCUT2D eigenvalue weighted by Gasteiger charge is -2.07. The van der Waals surface area contributed by atoms with Crippen molar-refractivity contribution in [2.75, 3.05) is 5.32 Å². The monoisotopic (exact) mass is 361 g/mol. The molecule has 0 saturated heterocycles. The molecule has 0 fully saturated rings. The summed E-state index contributed by atoms with van der Waals surface area (Å²) in [6.07, 6.45) is 1.47. The van der Waals surface area contributed by atoms with Gasteiger partial charge in [0.25, 0.3) is 0 Å². The van der Waals surface area contributed by atoms with Crippen molar-refractivity contribution < 1.29 is 0 Å². The summed E-state index contributed by atoms with van der Waals surface area (Å²) in [7, 11) is 0. The fraction of sp³-hybridized carbons (Fsp3) is 0. The molecule has 16 heavy (non-hydrogen) atoms. The molecular weight excluding hydrogens is 357 g/mol. The fourth-order valence-electron chi connectivity index (χ4n) is 1.13. The van der Waals surface area contributed by atoms with Crippen LogP contribution >= 0.6 is 43.5 Å². The second-order valence-electron chi connectivity index (χ2n) is 2.98. The molecular formula is C10H6Br2ClN3. The van der Waals surface area contributed by atoms with E-state index in [2.05, 4.69) is 47.1 Å². The van der Waals surface area contributed by atoms with Crippen LogP contribution in [0.4, 0.5) is 11.5 Å². The second-order valence-corrected chi connectivity index (χ2v) is 5.11. The number of benzene rings is 1. The van der Waals surface area contributed by atoms with E-state index >= 15 is 0 Å². The minimum absolute atomic E-state index is 0.629. The van der Waals surface area contributed by atoms with E-state index in [1.54, 1.807) is 6.07 Å². The van der Waals surface area contributed by atoms with Crippen molar-refractivity contribution in [1.82, 2.24) is 9.97 Å². The summed E-state index contributed by atoms with van der Waals surface area (Å²) in [5.74, 6) is 0.686. The van der Waals surface area contributed by atoms with Crippen molar-refractivity contribution in [2.24, 2.45) is 0 Å². The van der Waals surface area contributed by atoms with Gasteiger partial charge in [-0.3, -0.25) is 0 Å². The molecule has 3 nitrogen and oxygen atoms in total. The van der Waals surface area contributed by atoms with Gasteiger partial charge >= 0.3 is 0 Å². The SMILES string of the molecule is Clc1cc(Br)ccc1Nc1cc(Br)ncn1. The van der Waals surface area contributed by atoms with Gasteiger partial charge in [0.05, 0.1) is 10.7 Å². The maximum Gasteiger partial charge on any atom is 0.134 e. The van der Waals surface area contributed by atoms with Gasteiger partial charge in [-0.25, -0.2) is 9.97 Å². The largest absolute Gasteiger partial charge is 0.339 e. The Balaban J connectivity index is 2.27. The van der Waals surface area contributed by atoms with Gasteiger partial charge in [-0.1, -0.05) is 27.5 Å². The maximum atomic E-state index is 6.07. The summed E-state index contributed by atoms with van der Waals surface area (Å²) in [6.45, 7) is 0. The normalized spacial score (nSPS) is 10.2. The van der Waals surface area contributed by atoms with Crippen LogP contribution in [0.2, 0.25) is 5.02 Å². The first-order valence-electron chi connectivity index (χ1n) is 4.35. The van der Waals surface area contributed by atoms with E-state index in [4.69, 9.17) is 11.6 Å². The van der Waals surface area contributed by atoms with Crippen molar-refractivity contribution in [2.45, 2.75) is 0 Å². The van der Waals surface area contributed by atoms with Crippen LogP contribution in [0.15, 0.2) is 39.7 Å². The molecule has 1 aromatic carbocycles. The average Bonchev–Trinajstić information content (AvgIpc) is 2.22. The lowest BCUT2D eigenvalue weighted by atomic mass is 10.3. The molecule has 1 N–H and O–H groups in total. The molecule has 0 aliphatic rings. The molecule has 1 heterocycles. The summed E-state index contributed by atoms with van der Waals surface area (Å²) in [6, 6.07) is 7.38. The van der Waals surface area contributed by atoms with E-state index in [1.807, 2.05) is 18.2 Å². The van der Waals surface area contributed by atoms with Crippen molar-refractivity contribution in [3.8, 4) is 0 Å². The Kier molecular flexibility index (Phi) is 3.78. The summed E-state index contributed by atoms with van der Waals surface area (Å²) in [4.78, 5) is 8.02. The van der Waals surface area contributed by atoms with Gasteiger partial charge in [0.15, 0.2) is 0 Å². The third kappa shape index (κ3) is 2.93. The van der Waals surface area contributed by atoms with Gasteiger partial charge in [0.2, 0.25) is 0 Å². The third-order valence-corrected chi connectivity index (χ3v) is 3.07. The highest BCUT2D eigenvalue weighted by molar-refractivity contribution is 9.10. The van der Waals surface area contributed by atoms with Crippen LogP contribution in [0.1, 0.15) is 0 Å². The number of anilines is 2. The summed E-state index contributed by atoms with van der Waals surface area (Å²) >= 11 is 12.7. The van der Waals surface area contributed by atoms with Crippen LogP contribution in [-0.2, 0) is 0 Å². The molecule has 0 aliphatic heterocycles. The number of nitrogens with zero attached hydrogens (tertiary/aromatic N) is 2. The predicted molar refractivity (Wildman–Crippen MR) is 72.2 cm³/mol. The molecule has 0 aliphatic carbocycles. The first kappa shape index (κ1) is 11.8. The summed E-state index contributed by atoms with van der Waals surface area (Å²) in [5.41, 5.74) is 0.801. The molecule has 0 unspecified atom stereocenters. The number of aromatic nitrogens is 2. The molecule has 0 radical (unpaired) electrons. The summed E-state index contributed by atoms with van der Waals surface area (Å²) in [5, 5.41) is 3.74. The Hall–Kier alpha value is -0.650. The Morgan fingerprint density at radius 1 is 1.12 bits per heavy atom. The lowest BCUT2D eigenvalue weighted by molar-refractivity contribution is 1.14. The van der Waals surface area contributed by atoms with Gasteiger partial charge in [-0.05, 0) is 34.1 Å². The molecule has 0 atom stereocenters. The first-order valence-corrected chi connectivity index (χ1v) is 6.31. The van der Waals surface area contributed by atoms with E-state index in [-0.39, 0.29) is 0 Å². The minimum Gasteiger partial charge on any atom is -0.339 e. The second kappa shape index (κ2) is 5.12. The van der Waals surface area contributed by atoms with Crippen LogP contribution in [-0.4, -0.2) is 9.97 Å². The quantitative estimate of drug-likeness (QED) is 0.804. The number of hydrogen-bond donors (Lipinski definition) is 1. The van der Waals surface area contributed by atoms with Crippen LogP contribution in [0.25, 0.3) is 0 Å². The van der Waals surface area contributed by atoms with Gasteiger partial charge in [-0.15, -0.1) is 0 Å². The van der Waals surface area contributed by atoms with E-state index in [1.165, 1.54) is 6.33 Å². The number of halogens is 3. The molecule has 1 aromatic heterocycles. The van der Waals surface area contributed by atoms with Crippen LogP contribution in [0.3, 0.4) is 0 Å². The highest BCUT2D eigenvalue weighted by atomic mass is 79.9. The molecule has 2 rings (SSSR count). The molecule has 0 bridgehead atoms. The van der Waals surface area contributed by atoms with Crippen molar-refractivity contribution in [3.05, 3.63) is 44.7 Å². The number of nitrogens with one attached hydrogen (secondary N) is 1. The van der Waals surface area contributed by atoms with E-state index in [0.717, 1.165) is 14.8 Å². The van der Waals surface area contributed by atoms with Crippen LogP contribution in [0, 0.1) is 0 Å². The Morgan fingerprint density at radius 2 is 1.94 bits per heavy atom. The molecule has 0 spiro atoms. The fourth-order valence-corrected chi connectivity index (χ4v) is 2.16. The van der Waals surface area contributed by atoms with Crippen LogP contribution < -0.4 is 5.32 Å². The van der Waals surface area contributed by atoms with E-state index < -0.39 is 0 Å². The lowest BCUT2D eigenvalue weighted by Crippen LogP contribution is -1.94. The van der Waals surface area contributed by atoms with Crippen molar-refractivity contribution in [3.63, 3.8) is 0 Å². The topological polar surface area (TPSA) is 37.8 Å². The van der Waals surface area contributed by atoms with Crippen molar-refractivity contribution in [1.29, 1.82) is 0 Å². The zero-order valence-corrected chi connectivity index (χ0v) is 11.8. The van der Waals surface area contributed by atoms with E-state index in [9.17, 15) is 0 Å². The third-order valence-electron chi connectivity index (χ3n) is 1.83. The zero-order valence-electron chi connectivity index (χ0n) is 7.92. The number of rotatable bonds is 2. The molecule has 2 aromatic rings. The molecule has 6 heteroatoms. The Morgan fingerprint density at radius 3 is 2.62 bits per heavy atom. The van der Waals surface area contributed by atoms with Gasteiger partial charge in [0.1, 0.15) is 16.7 Å². The molecule has 0 saturated carbocycles.